The molecule has 5 heteroatoms. The summed E-state index contributed by atoms with van der Waals surface area (Å²) < 4.78 is 0.754. The second-order valence-electron chi connectivity index (χ2n) is 5.18. The number of thiophene rings is 1. The molecule has 1 aliphatic carbocycles. The number of anilines is 1. The second kappa shape index (κ2) is 4.50. The summed E-state index contributed by atoms with van der Waals surface area (Å²) in [4.78, 5) is 15.8. The van der Waals surface area contributed by atoms with Crippen LogP contribution in [0.25, 0.3) is 0 Å². The maximum Gasteiger partial charge on any atom is 0.258 e. The van der Waals surface area contributed by atoms with Crippen LogP contribution in [0.1, 0.15) is 34.2 Å². The third kappa shape index (κ3) is 1.91. The van der Waals surface area contributed by atoms with Gasteiger partial charge in [-0.1, -0.05) is 23.7 Å². The predicted molar refractivity (Wildman–Crippen MR) is 81.3 cm³/mol. The third-order valence-corrected chi connectivity index (χ3v) is 5.05. The van der Waals surface area contributed by atoms with Crippen molar-refractivity contribution in [2.75, 3.05) is 5.32 Å². The highest BCUT2D eigenvalue weighted by Crippen LogP contribution is 2.42. The lowest BCUT2D eigenvalue weighted by Gasteiger charge is -2.37. The second-order valence-corrected chi connectivity index (χ2v) is 6.92. The minimum absolute atomic E-state index is 0.0950. The first-order chi connectivity index (χ1) is 9.74. The lowest BCUT2D eigenvalue weighted by molar-refractivity contribution is 0.0669. The van der Waals surface area contributed by atoms with Crippen molar-refractivity contribution >= 4 is 34.5 Å². The molecule has 2 aliphatic rings. The van der Waals surface area contributed by atoms with Crippen molar-refractivity contribution in [3.63, 3.8) is 0 Å². The molecular formula is C15H13ClN2OS. The van der Waals surface area contributed by atoms with Crippen molar-refractivity contribution < 1.29 is 4.79 Å². The molecule has 1 atom stereocenters. The molecule has 2 heterocycles. The zero-order valence-corrected chi connectivity index (χ0v) is 12.2. The fourth-order valence-electron chi connectivity index (χ4n) is 2.68. The molecule has 20 heavy (non-hydrogen) atoms. The largest absolute Gasteiger partial charge is 0.360 e. The number of nitrogens with zero attached hydrogens (tertiary/aromatic N) is 1. The van der Waals surface area contributed by atoms with Gasteiger partial charge in [-0.05, 0) is 37.1 Å². The summed E-state index contributed by atoms with van der Waals surface area (Å²) in [7, 11) is 0. The van der Waals surface area contributed by atoms with Crippen molar-refractivity contribution in [1.29, 1.82) is 0 Å². The molecule has 0 spiro atoms. The highest BCUT2D eigenvalue weighted by atomic mass is 35.5. The van der Waals surface area contributed by atoms with E-state index in [9.17, 15) is 4.79 Å². The van der Waals surface area contributed by atoms with Crippen LogP contribution >= 0.6 is 22.9 Å². The molecular weight excluding hydrogens is 292 g/mol. The number of halogens is 1. The van der Waals surface area contributed by atoms with Gasteiger partial charge in [-0.2, -0.15) is 0 Å². The van der Waals surface area contributed by atoms with Gasteiger partial charge in [0, 0.05) is 16.6 Å². The number of carbonyl (C=O) groups excluding carboxylic acids is 1. The van der Waals surface area contributed by atoms with Gasteiger partial charge < -0.3 is 10.2 Å². The van der Waals surface area contributed by atoms with Crippen molar-refractivity contribution in [2.24, 2.45) is 0 Å². The fraction of sp³-hybridized carbons (Fsp3) is 0.267. The van der Waals surface area contributed by atoms with Crippen LogP contribution in [0.4, 0.5) is 5.69 Å². The Morgan fingerprint density at radius 3 is 2.70 bits per heavy atom. The number of fused-ring (bicyclic) bond motifs is 1. The number of hydrogen-bond acceptors (Lipinski definition) is 3. The Bertz CT molecular complexity index is 680. The quantitative estimate of drug-likeness (QED) is 0.904. The van der Waals surface area contributed by atoms with Crippen molar-refractivity contribution in [3.8, 4) is 0 Å². The van der Waals surface area contributed by atoms with Crippen molar-refractivity contribution in [1.82, 2.24) is 4.90 Å². The Balaban J connectivity index is 1.80. The van der Waals surface area contributed by atoms with E-state index in [1.54, 1.807) is 0 Å². The molecule has 4 rings (SSSR count). The molecule has 0 radical (unpaired) electrons. The van der Waals surface area contributed by atoms with Gasteiger partial charge in [-0.25, -0.2) is 0 Å². The summed E-state index contributed by atoms with van der Waals surface area (Å²) >= 11 is 7.58. The van der Waals surface area contributed by atoms with Crippen LogP contribution in [0, 0.1) is 0 Å². The lowest BCUT2D eigenvalue weighted by Crippen LogP contribution is -2.43. The Labute approximate surface area is 126 Å². The molecule has 1 N–H and O–H groups in total. The van der Waals surface area contributed by atoms with Crippen LogP contribution in [-0.2, 0) is 0 Å². The SMILES string of the molecule is O=C1c2ccccc2N[C@H](c2ccc(Cl)s2)N1C1CC1. The van der Waals surface area contributed by atoms with Crippen LogP contribution < -0.4 is 5.32 Å². The number of hydrogen-bond donors (Lipinski definition) is 1. The maximum atomic E-state index is 12.7. The molecule has 1 aromatic carbocycles. The monoisotopic (exact) mass is 304 g/mol. The van der Waals surface area contributed by atoms with E-state index in [1.807, 2.05) is 41.3 Å². The number of carbonyl (C=O) groups is 1. The van der Waals surface area contributed by atoms with Gasteiger partial charge in [0.2, 0.25) is 0 Å². The molecule has 102 valence electrons. The Morgan fingerprint density at radius 1 is 1.20 bits per heavy atom. The van der Waals surface area contributed by atoms with E-state index in [4.69, 9.17) is 11.6 Å². The fourth-order valence-corrected chi connectivity index (χ4v) is 3.79. The highest BCUT2D eigenvalue weighted by Gasteiger charge is 2.42. The van der Waals surface area contributed by atoms with Gasteiger partial charge in [0.25, 0.3) is 5.91 Å². The zero-order valence-electron chi connectivity index (χ0n) is 10.7. The topological polar surface area (TPSA) is 32.3 Å². The van der Waals surface area contributed by atoms with E-state index in [0.29, 0.717) is 6.04 Å². The predicted octanol–water partition coefficient (Wildman–Crippen LogP) is 4.13. The first kappa shape index (κ1) is 12.2. The van der Waals surface area contributed by atoms with Crippen LogP contribution in [0.15, 0.2) is 36.4 Å². The summed E-state index contributed by atoms with van der Waals surface area (Å²) in [5, 5.41) is 3.49. The lowest BCUT2D eigenvalue weighted by atomic mass is 10.1. The molecule has 2 aromatic rings. The first-order valence-corrected chi connectivity index (χ1v) is 7.87. The van der Waals surface area contributed by atoms with Gasteiger partial charge in [0.15, 0.2) is 0 Å². The molecule has 1 aromatic heterocycles. The summed E-state index contributed by atoms with van der Waals surface area (Å²) in [6.07, 6.45) is 2.08. The van der Waals surface area contributed by atoms with Crippen LogP contribution in [-0.4, -0.2) is 16.8 Å². The van der Waals surface area contributed by atoms with Crippen molar-refractivity contribution in [3.05, 3.63) is 51.2 Å². The average molecular weight is 305 g/mol. The van der Waals surface area contributed by atoms with Gasteiger partial charge in [0.05, 0.1) is 9.90 Å². The Morgan fingerprint density at radius 2 is 2.00 bits per heavy atom. The normalized spacial score (nSPS) is 21.6. The number of amides is 1. The molecule has 1 aliphatic heterocycles. The van der Waals surface area contributed by atoms with E-state index in [2.05, 4.69) is 5.32 Å². The number of para-hydroxylation sites is 1. The minimum atomic E-state index is -0.0950. The van der Waals surface area contributed by atoms with Gasteiger partial charge in [-0.15, -0.1) is 11.3 Å². The van der Waals surface area contributed by atoms with E-state index >= 15 is 0 Å². The summed E-state index contributed by atoms with van der Waals surface area (Å²) in [6, 6.07) is 11.9. The van der Waals surface area contributed by atoms with E-state index in [-0.39, 0.29) is 12.1 Å². The average Bonchev–Trinajstić information content (AvgIpc) is 3.20. The van der Waals surface area contributed by atoms with Gasteiger partial charge in [-0.3, -0.25) is 4.79 Å². The van der Waals surface area contributed by atoms with Crippen LogP contribution in [0.3, 0.4) is 0 Å². The van der Waals surface area contributed by atoms with E-state index in [1.165, 1.54) is 11.3 Å². The molecule has 0 bridgehead atoms. The summed E-state index contributed by atoms with van der Waals surface area (Å²) in [5.41, 5.74) is 1.67. The Hall–Kier alpha value is -1.52. The number of rotatable bonds is 2. The molecule has 3 nitrogen and oxygen atoms in total. The molecule has 1 amide bonds. The van der Waals surface area contributed by atoms with Crippen LogP contribution in [0.5, 0.6) is 0 Å². The standard InChI is InChI=1S/C15H13ClN2OS/c16-13-8-7-12(20-13)14-17-11-4-2-1-3-10(11)15(19)18(14)9-5-6-9/h1-4,7-9,14,17H,5-6H2/t14-/m0/s1. The van der Waals surface area contributed by atoms with Crippen molar-refractivity contribution in [2.45, 2.75) is 25.0 Å². The summed E-state index contributed by atoms with van der Waals surface area (Å²) in [5.74, 6) is 0.122. The third-order valence-electron chi connectivity index (χ3n) is 3.77. The van der Waals surface area contributed by atoms with Gasteiger partial charge >= 0.3 is 0 Å². The number of benzene rings is 1. The van der Waals surface area contributed by atoms with E-state index in [0.717, 1.165) is 33.3 Å². The molecule has 0 saturated heterocycles. The first-order valence-electron chi connectivity index (χ1n) is 6.67. The van der Waals surface area contributed by atoms with E-state index < -0.39 is 0 Å². The summed E-state index contributed by atoms with van der Waals surface area (Å²) in [6.45, 7) is 0. The maximum absolute atomic E-state index is 12.7. The molecule has 1 fully saturated rings. The minimum Gasteiger partial charge on any atom is -0.360 e. The smallest absolute Gasteiger partial charge is 0.258 e. The van der Waals surface area contributed by atoms with Crippen LogP contribution in [0.2, 0.25) is 4.34 Å². The zero-order chi connectivity index (χ0) is 13.7. The molecule has 0 unspecified atom stereocenters. The molecule has 1 saturated carbocycles. The van der Waals surface area contributed by atoms with Gasteiger partial charge in [0.1, 0.15) is 6.17 Å². The Kier molecular flexibility index (Phi) is 2.75. The highest BCUT2D eigenvalue weighted by molar-refractivity contribution is 7.16. The number of nitrogens with one attached hydrogen (secondary N) is 1.